The topological polar surface area (TPSA) is 41.9 Å². The smallest absolute Gasteiger partial charge is 0.280 e. The Bertz CT molecular complexity index is 1410. The van der Waals surface area contributed by atoms with E-state index >= 15 is 0 Å². The number of halogens is 1. The largest absolute Gasteiger partial charge is 0.488 e. The minimum absolute atomic E-state index is 0.160. The number of benzene rings is 4. The van der Waals surface area contributed by atoms with Crippen LogP contribution in [-0.2, 0) is 11.4 Å². The monoisotopic (exact) mass is 452 g/mol. The zero-order chi connectivity index (χ0) is 22.8. The summed E-state index contributed by atoms with van der Waals surface area (Å²) in [6.07, 6.45) is 1.89. The van der Waals surface area contributed by atoms with E-state index in [-0.39, 0.29) is 5.91 Å². The molecule has 1 aliphatic heterocycles. The second kappa shape index (κ2) is 8.93. The van der Waals surface area contributed by atoms with Gasteiger partial charge in [0.15, 0.2) is 0 Å². The van der Waals surface area contributed by atoms with Gasteiger partial charge in [-0.25, -0.2) is 0 Å². The number of amides is 1. The highest BCUT2D eigenvalue weighted by atomic mass is 35.5. The number of hydrazone groups is 1. The lowest BCUT2D eigenvalue weighted by Gasteiger charge is -2.14. The van der Waals surface area contributed by atoms with Gasteiger partial charge in [0.2, 0.25) is 0 Å². The summed E-state index contributed by atoms with van der Waals surface area (Å²) in [6.45, 7) is 2.22. The minimum atomic E-state index is -0.160. The van der Waals surface area contributed by atoms with E-state index in [0.717, 1.165) is 27.6 Å². The lowest BCUT2D eigenvalue weighted by Crippen LogP contribution is -2.21. The van der Waals surface area contributed by atoms with Crippen LogP contribution in [0.15, 0.2) is 102 Å². The fraction of sp³-hybridized carbons (Fsp3) is 0.0714. The van der Waals surface area contributed by atoms with E-state index in [1.165, 1.54) is 5.01 Å². The van der Waals surface area contributed by atoms with Crippen molar-refractivity contribution >= 4 is 45.8 Å². The predicted molar refractivity (Wildman–Crippen MR) is 135 cm³/mol. The molecule has 4 nitrogen and oxygen atoms in total. The summed E-state index contributed by atoms with van der Waals surface area (Å²) in [7, 11) is 0. The zero-order valence-corrected chi connectivity index (χ0v) is 18.8. The van der Waals surface area contributed by atoms with E-state index in [9.17, 15) is 4.79 Å². The molecule has 0 N–H and O–H groups in total. The molecule has 0 saturated heterocycles. The molecule has 5 heteroatoms. The number of hydrogen-bond donors (Lipinski definition) is 0. The highest BCUT2D eigenvalue weighted by Crippen LogP contribution is 2.33. The van der Waals surface area contributed by atoms with Gasteiger partial charge < -0.3 is 4.74 Å². The van der Waals surface area contributed by atoms with Crippen LogP contribution >= 0.6 is 11.6 Å². The average Bonchev–Trinajstić information content (AvgIpc) is 3.12. The van der Waals surface area contributed by atoms with Crippen LogP contribution in [0, 0.1) is 0 Å². The third kappa shape index (κ3) is 4.26. The fourth-order valence-corrected chi connectivity index (χ4v) is 4.12. The molecular weight excluding hydrogens is 432 g/mol. The first kappa shape index (κ1) is 21.0. The minimum Gasteiger partial charge on any atom is -0.488 e. The highest BCUT2D eigenvalue weighted by molar-refractivity contribution is 6.32. The van der Waals surface area contributed by atoms with Crippen LogP contribution < -0.4 is 9.75 Å². The SMILES string of the molecule is CC1=NN(c2ccccc2)C(=O)/C1=C/c1c(OCc2cccc(Cl)c2)ccc2ccccc12. The summed E-state index contributed by atoms with van der Waals surface area (Å²) in [4.78, 5) is 13.3. The Morgan fingerprint density at radius 3 is 2.55 bits per heavy atom. The lowest BCUT2D eigenvalue weighted by molar-refractivity contribution is -0.114. The van der Waals surface area contributed by atoms with E-state index in [0.29, 0.717) is 28.7 Å². The third-order valence-electron chi connectivity index (χ3n) is 5.57. The van der Waals surface area contributed by atoms with Crippen molar-refractivity contribution in [2.45, 2.75) is 13.5 Å². The molecule has 1 aliphatic rings. The molecule has 4 aromatic carbocycles. The molecule has 162 valence electrons. The average molecular weight is 453 g/mol. The maximum atomic E-state index is 13.3. The molecule has 5 rings (SSSR count). The van der Waals surface area contributed by atoms with Gasteiger partial charge in [0, 0.05) is 10.6 Å². The number of ether oxygens (including phenoxy) is 1. The van der Waals surface area contributed by atoms with Crippen molar-refractivity contribution in [1.29, 1.82) is 0 Å². The number of anilines is 1. The van der Waals surface area contributed by atoms with Crippen molar-refractivity contribution in [3.63, 3.8) is 0 Å². The summed E-state index contributed by atoms with van der Waals surface area (Å²) in [6, 6.07) is 29.1. The molecule has 0 radical (unpaired) electrons. The molecule has 0 atom stereocenters. The second-order valence-corrected chi connectivity index (χ2v) is 8.25. The Morgan fingerprint density at radius 2 is 1.73 bits per heavy atom. The number of nitrogens with zero attached hydrogens (tertiary/aromatic N) is 2. The summed E-state index contributed by atoms with van der Waals surface area (Å²) in [5, 5.41) is 8.69. The Balaban J connectivity index is 1.55. The van der Waals surface area contributed by atoms with Gasteiger partial charge in [0.05, 0.1) is 17.0 Å². The van der Waals surface area contributed by atoms with Gasteiger partial charge in [0.1, 0.15) is 12.4 Å². The quantitative estimate of drug-likeness (QED) is 0.310. The number of fused-ring (bicyclic) bond motifs is 1. The van der Waals surface area contributed by atoms with E-state index in [4.69, 9.17) is 16.3 Å². The number of hydrogen-bond acceptors (Lipinski definition) is 3. The van der Waals surface area contributed by atoms with Gasteiger partial charge >= 0.3 is 0 Å². The van der Waals surface area contributed by atoms with Crippen LogP contribution in [0.25, 0.3) is 16.8 Å². The number of rotatable bonds is 5. The standard InChI is InChI=1S/C28H21ClN2O2/c1-19-25(28(32)31(30-19)23-11-3-2-4-12-23)17-26-24-13-6-5-9-21(24)14-15-27(26)33-18-20-8-7-10-22(29)16-20/h2-17H,18H2,1H3/b25-17+. The van der Waals surface area contributed by atoms with E-state index in [1.807, 2.05) is 104 Å². The lowest BCUT2D eigenvalue weighted by atomic mass is 9.99. The summed E-state index contributed by atoms with van der Waals surface area (Å²) in [5.74, 6) is 0.535. The first-order valence-electron chi connectivity index (χ1n) is 10.7. The summed E-state index contributed by atoms with van der Waals surface area (Å²) in [5.41, 5.74) is 3.77. The van der Waals surface area contributed by atoms with Crippen LogP contribution in [0.4, 0.5) is 5.69 Å². The van der Waals surface area contributed by atoms with Crippen LogP contribution in [0.1, 0.15) is 18.1 Å². The van der Waals surface area contributed by atoms with Crippen LogP contribution in [0.2, 0.25) is 5.02 Å². The van der Waals surface area contributed by atoms with Crippen molar-refractivity contribution in [1.82, 2.24) is 0 Å². The molecule has 0 aromatic heterocycles. The van der Waals surface area contributed by atoms with Crippen molar-refractivity contribution in [3.05, 3.63) is 113 Å². The summed E-state index contributed by atoms with van der Waals surface area (Å²) < 4.78 is 6.21. The second-order valence-electron chi connectivity index (χ2n) is 7.81. The van der Waals surface area contributed by atoms with Gasteiger partial charge in [-0.15, -0.1) is 0 Å². The molecule has 4 aromatic rings. The van der Waals surface area contributed by atoms with E-state index < -0.39 is 0 Å². The zero-order valence-electron chi connectivity index (χ0n) is 18.0. The molecule has 0 unspecified atom stereocenters. The van der Waals surface area contributed by atoms with E-state index in [2.05, 4.69) is 5.10 Å². The van der Waals surface area contributed by atoms with Crippen LogP contribution in [-0.4, -0.2) is 11.6 Å². The molecule has 33 heavy (non-hydrogen) atoms. The fourth-order valence-electron chi connectivity index (χ4n) is 3.91. The summed E-state index contributed by atoms with van der Waals surface area (Å²) >= 11 is 6.13. The van der Waals surface area contributed by atoms with Crippen molar-refractivity contribution < 1.29 is 9.53 Å². The Hall–Kier alpha value is -3.89. The van der Waals surface area contributed by atoms with Crippen LogP contribution in [0.3, 0.4) is 0 Å². The van der Waals surface area contributed by atoms with Gasteiger partial charge in [-0.2, -0.15) is 10.1 Å². The van der Waals surface area contributed by atoms with Gasteiger partial charge in [-0.3, -0.25) is 4.79 Å². The molecular formula is C28H21ClN2O2. The molecule has 0 aliphatic carbocycles. The van der Waals surface area contributed by atoms with Gasteiger partial charge in [0.25, 0.3) is 5.91 Å². The normalized spacial score (nSPS) is 14.7. The number of carbonyl (C=O) groups is 1. The van der Waals surface area contributed by atoms with Crippen LogP contribution in [0.5, 0.6) is 5.75 Å². The van der Waals surface area contributed by atoms with Crippen molar-refractivity contribution in [3.8, 4) is 5.75 Å². The van der Waals surface area contributed by atoms with Crippen molar-refractivity contribution in [2.24, 2.45) is 5.10 Å². The number of para-hydroxylation sites is 1. The molecule has 1 amide bonds. The Labute approximate surface area is 197 Å². The van der Waals surface area contributed by atoms with Gasteiger partial charge in [-0.05, 0) is 59.7 Å². The maximum Gasteiger partial charge on any atom is 0.280 e. The Morgan fingerprint density at radius 1 is 0.939 bits per heavy atom. The maximum absolute atomic E-state index is 13.3. The third-order valence-corrected chi connectivity index (χ3v) is 5.80. The molecule has 0 saturated carbocycles. The van der Waals surface area contributed by atoms with Gasteiger partial charge in [-0.1, -0.05) is 72.3 Å². The molecule has 0 fully saturated rings. The Kier molecular flexibility index (Phi) is 5.68. The molecule has 0 spiro atoms. The first-order chi connectivity index (χ1) is 16.1. The highest BCUT2D eigenvalue weighted by Gasteiger charge is 2.29. The molecule has 1 heterocycles. The predicted octanol–water partition coefficient (Wildman–Crippen LogP) is 6.88. The molecule has 0 bridgehead atoms. The van der Waals surface area contributed by atoms with Crippen molar-refractivity contribution in [2.75, 3.05) is 5.01 Å². The first-order valence-corrected chi connectivity index (χ1v) is 11.0. The van der Waals surface area contributed by atoms with E-state index in [1.54, 1.807) is 0 Å². The number of carbonyl (C=O) groups excluding carboxylic acids is 1.